The molecule has 3 aromatic rings. The molecule has 7 heteroatoms. The molecule has 4 rings (SSSR count). The monoisotopic (exact) mass is 436 g/mol. The number of aliphatic carboxylic acids is 1. The van der Waals surface area contributed by atoms with Crippen LogP contribution in [0.2, 0.25) is 0 Å². The van der Waals surface area contributed by atoms with Crippen molar-refractivity contribution in [2.24, 2.45) is 0 Å². The third-order valence-electron chi connectivity index (χ3n) is 6.07. The molecule has 32 heavy (non-hydrogen) atoms. The molecule has 0 saturated heterocycles. The van der Waals surface area contributed by atoms with Crippen molar-refractivity contribution in [3.05, 3.63) is 64.1 Å². The maximum absolute atomic E-state index is 13.5. The van der Waals surface area contributed by atoms with Crippen molar-refractivity contribution >= 4 is 16.9 Å². The molecular formula is C25H25FN2O4. The van der Waals surface area contributed by atoms with Crippen molar-refractivity contribution in [3.63, 3.8) is 0 Å². The maximum Gasteiger partial charge on any atom is 0.306 e. The van der Waals surface area contributed by atoms with E-state index in [-0.39, 0.29) is 18.8 Å². The zero-order valence-electron chi connectivity index (χ0n) is 18.1. The zero-order chi connectivity index (χ0) is 22.9. The molecule has 0 saturated carbocycles. The highest BCUT2D eigenvalue weighted by Gasteiger charge is 2.42. The quantitative estimate of drug-likeness (QED) is 0.537. The molecule has 1 aliphatic heterocycles. The molecule has 1 unspecified atom stereocenters. The van der Waals surface area contributed by atoms with Crippen LogP contribution in [0.3, 0.4) is 0 Å². The summed E-state index contributed by atoms with van der Waals surface area (Å²) in [5, 5.41) is 20.2. The van der Waals surface area contributed by atoms with Crippen LogP contribution in [0.5, 0.6) is 5.75 Å². The first-order chi connectivity index (χ1) is 15.4. The molecule has 0 aliphatic carbocycles. The highest BCUT2D eigenvalue weighted by atomic mass is 19.1. The largest absolute Gasteiger partial charge is 0.489 e. The van der Waals surface area contributed by atoms with E-state index in [1.807, 2.05) is 13.8 Å². The summed E-state index contributed by atoms with van der Waals surface area (Å²) < 4.78 is 25.5. The lowest BCUT2D eigenvalue weighted by molar-refractivity contribution is -0.149. The molecular weight excluding hydrogens is 411 g/mol. The molecule has 0 amide bonds. The minimum Gasteiger partial charge on any atom is -0.489 e. The lowest BCUT2D eigenvalue weighted by Gasteiger charge is -2.36. The summed E-state index contributed by atoms with van der Waals surface area (Å²) in [6.45, 7) is 4.45. The molecule has 1 aliphatic rings. The van der Waals surface area contributed by atoms with E-state index in [1.54, 1.807) is 18.2 Å². The van der Waals surface area contributed by atoms with Crippen LogP contribution in [-0.4, -0.2) is 22.7 Å². The Balaban J connectivity index is 1.82. The number of carboxylic acids is 1. The molecule has 0 bridgehead atoms. The average Bonchev–Trinajstić information content (AvgIpc) is 3.15. The van der Waals surface area contributed by atoms with Crippen LogP contribution < -0.4 is 4.74 Å². The number of nitrogens with zero attached hydrogens (tertiary/aromatic N) is 1. The van der Waals surface area contributed by atoms with E-state index in [0.717, 1.165) is 34.1 Å². The van der Waals surface area contributed by atoms with Gasteiger partial charge in [-0.25, -0.2) is 4.39 Å². The Kier molecular flexibility index (Phi) is 5.90. The summed E-state index contributed by atoms with van der Waals surface area (Å²) in [6.07, 6.45) is 1.76. The van der Waals surface area contributed by atoms with E-state index in [0.29, 0.717) is 36.3 Å². The number of benzene rings is 2. The minimum absolute atomic E-state index is 0.148. The summed E-state index contributed by atoms with van der Waals surface area (Å²) in [7, 11) is 0. The smallest absolute Gasteiger partial charge is 0.306 e. The molecule has 0 fully saturated rings. The highest BCUT2D eigenvalue weighted by Crippen LogP contribution is 2.45. The van der Waals surface area contributed by atoms with E-state index in [1.165, 1.54) is 12.1 Å². The minimum atomic E-state index is -0.949. The number of ether oxygens (including phenoxy) is 2. The number of aromatic nitrogens is 1. The fraction of sp³-hybridized carbons (Fsp3) is 0.360. The van der Waals surface area contributed by atoms with Gasteiger partial charge in [-0.1, -0.05) is 25.5 Å². The molecule has 2 aromatic carbocycles. The van der Waals surface area contributed by atoms with Gasteiger partial charge in [0.25, 0.3) is 0 Å². The molecule has 2 heterocycles. The molecule has 0 radical (unpaired) electrons. The van der Waals surface area contributed by atoms with Gasteiger partial charge in [0.2, 0.25) is 0 Å². The van der Waals surface area contributed by atoms with Crippen LogP contribution in [0.15, 0.2) is 30.3 Å². The van der Waals surface area contributed by atoms with Gasteiger partial charge in [-0.05, 0) is 49.1 Å². The summed E-state index contributed by atoms with van der Waals surface area (Å²) >= 11 is 0. The van der Waals surface area contributed by atoms with Crippen LogP contribution in [0.4, 0.5) is 4.39 Å². The van der Waals surface area contributed by atoms with Crippen LogP contribution >= 0.6 is 0 Å². The molecule has 1 atom stereocenters. The number of hydrogen-bond acceptors (Lipinski definition) is 4. The Bertz CT molecular complexity index is 1230. The first-order valence-electron chi connectivity index (χ1n) is 10.7. The molecule has 0 spiro atoms. The second kappa shape index (κ2) is 8.64. The van der Waals surface area contributed by atoms with Crippen molar-refractivity contribution in [1.82, 2.24) is 4.98 Å². The molecule has 2 N–H and O–H groups in total. The molecule has 166 valence electrons. The van der Waals surface area contributed by atoms with Gasteiger partial charge in [0, 0.05) is 10.9 Å². The Morgan fingerprint density at radius 2 is 2.22 bits per heavy atom. The average molecular weight is 436 g/mol. The lowest BCUT2D eigenvalue weighted by atomic mass is 9.84. The number of nitriles is 1. The normalized spacial score (nSPS) is 17.7. The van der Waals surface area contributed by atoms with E-state index in [9.17, 15) is 19.6 Å². The van der Waals surface area contributed by atoms with Crippen LogP contribution in [-0.2, 0) is 28.2 Å². The van der Waals surface area contributed by atoms with Gasteiger partial charge in [-0.2, -0.15) is 5.26 Å². The number of aryl methyl sites for hydroxylation is 1. The standard InChI is InChI=1S/C25H25FN2O4/c1-3-8-25(12-21(29)30)24-19(7-9-32-25)22-17(13-27)11-20(15(2)23(22)28-24)31-14-16-5-4-6-18(26)10-16/h4-6,10-11,28H,3,7-9,12,14H2,1-2H3,(H,29,30). The van der Waals surface area contributed by atoms with Crippen molar-refractivity contribution < 1.29 is 23.8 Å². The van der Waals surface area contributed by atoms with Crippen molar-refractivity contribution in [1.29, 1.82) is 5.26 Å². The Hall–Kier alpha value is -3.37. The van der Waals surface area contributed by atoms with Crippen molar-refractivity contribution in [3.8, 4) is 11.8 Å². The fourth-order valence-corrected chi connectivity index (χ4v) is 4.71. The van der Waals surface area contributed by atoms with Crippen LogP contribution in [0.25, 0.3) is 10.9 Å². The molecule has 6 nitrogen and oxygen atoms in total. The predicted octanol–water partition coefficient (Wildman–Crippen LogP) is 5.11. The van der Waals surface area contributed by atoms with E-state index >= 15 is 0 Å². The Morgan fingerprint density at radius 3 is 2.91 bits per heavy atom. The maximum atomic E-state index is 13.5. The summed E-state index contributed by atoms with van der Waals surface area (Å²) in [6, 6.07) is 10.2. The number of fused-ring (bicyclic) bond motifs is 3. The first-order valence-corrected chi connectivity index (χ1v) is 10.7. The number of aromatic amines is 1. The van der Waals surface area contributed by atoms with Gasteiger partial charge in [0.1, 0.15) is 23.8 Å². The van der Waals surface area contributed by atoms with Gasteiger partial charge in [0.15, 0.2) is 0 Å². The van der Waals surface area contributed by atoms with E-state index < -0.39 is 11.6 Å². The number of carbonyl (C=O) groups is 1. The summed E-state index contributed by atoms with van der Waals surface area (Å²) in [5.74, 6) is -0.739. The number of rotatable bonds is 7. The Morgan fingerprint density at radius 1 is 1.41 bits per heavy atom. The number of hydrogen-bond donors (Lipinski definition) is 2. The summed E-state index contributed by atoms with van der Waals surface area (Å²) in [4.78, 5) is 15.1. The lowest BCUT2D eigenvalue weighted by Crippen LogP contribution is -2.37. The number of nitrogens with one attached hydrogen (secondary N) is 1. The summed E-state index contributed by atoms with van der Waals surface area (Å²) in [5.41, 5.74) is 3.44. The SMILES string of the molecule is CCCC1(CC(=O)O)OCCc2c1[nH]c1c(C)c(OCc3cccc(F)c3)cc(C#N)c21. The van der Waals surface area contributed by atoms with Crippen molar-refractivity contribution in [2.45, 2.75) is 51.7 Å². The van der Waals surface area contributed by atoms with Gasteiger partial charge < -0.3 is 19.6 Å². The second-order valence-corrected chi connectivity index (χ2v) is 8.22. The third-order valence-corrected chi connectivity index (χ3v) is 6.07. The third kappa shape index (κ3) is 3.82. The van der Waals surface area contributed by atoms with E-state index in [4.69, 9.17) is 9.47 Å². The number of H-pyrrole nitrogens is 1. The zero-order valence-corrected chi connectivity index (χ0v) is 18.1. The Labute approximate surface area is 185 Å². The highest BCUT2D eigenvalue weighted by molar-refractivity contribution is 5.94. The molecule has 1 aromatic heterocycles. The van der Waals surface area contributed by atoms with Gasteiger partial charge in [-0.15, -0.1) is 0 Å². The van der Waals surface area contributed by atoms with E-state index in [2.05, 4.69) is 11.1 Å². The topological polar surface area (TPSA) is 95.3 Å². The van der Waals surface area contributed by atoms with Crippen LogP contribution in [0, 0.1) is 24.1 Å². The predicted molar refractivity (Wildman–Crippen MR) is 117 cm³/mol. The van der Waals surface area contributed by atoms with Crippen LogP contribution in [0.1, 0.15) is 54.1 Å². The van der Waals surface area contributed by atoms with Gasteiger partial charge in [0.05, 0.1) is 35.9 Å². The fourth-order valence-electron chi connectivity index (χ4n) is 4.71. The van der Waals surface area contributed by atoms with Gasteiger partial charge in [-0.3, -0.25) is 4.79 Å². The van der Waals surface area contributed by atoms with Crippen molar-refractivity contribution in [2.75, 3.05) is 6.61 Å². The van der Waals surface area contributed by atoms with Gasteiger partial charge >= 0.3 is 5.97 Å². The first kappa shape index (κ1) is 21.8. The second-order valence-electron chi connectivity index (χ2n) is 8.22. The number of halogens is 1. The number of carboxylic acid groups (broad SMARTS) is 1.